The average molecular weight is 279 g/mol. The molecule has 11 heteroatoms. The van der Waals surface area contributed by atoms with Gasteiger partial charge >= 0.3 is 29.9 Å². The third-order valence-corrected chi connectivity index (χ3v) is 2.39. The Labute approximate surface area is 87.0 Å². The molecule has 0 amide bonds. The van der Waals surface area contributed by atoms with E-state index < -0.39 is 41.8 Å². The molecule has 1 rings (SSSR count). The van der Waals surface area contributed by atoms with E-state index in [9.17, 15) is 43.9 Å². The lowest BCUT2D eigenvalue weighted by atomic mass is 9.94. The molecule has 0 spiro atoms. The van der Waals surface area contributed by atoms with Crippen LogP contribution in [0.15, 0.2) is 0 Å². The molecule has 1 heterocycles. The van der Waals surface area contributed by atoms with Crippen LogP contribution in [0.4, 0.5) is 43.9 Å². The monoisotopic (exact) mass is 279 g/mol. The van der Waals surface area contributed by atoms with Gasteiger partial charge < -0.3 is 0 Å². The maximum atomic E-state index is 12.6. The van der Waals surface area contributed by atoms with Gasteiger partial charge in [0.2, 0.25) is 0 Å². The van der Waals surface area contributed by atoms with Crippen LogP contribution in [0.3, 0.4) is 0 Å². The van der Waals surface area contributed by atoms with Gasteiger partial charge in [-0.15, -0.1) is 0 Å². The van der Waals surface area contributed by atoms with E-state index in [1.54, 1.807) is 0 Å². The van der Waals surface area contributed by atoms with Crippen LogP contribution in [0, 0.1) is 0 Å². The number of piperidine rings is 1. The lowest BCUT2D eigenvalue weighted by molar-refractivity contribution is -0.502. The molecule has 102 valence electrons. The molecule has 0 aliphatic carbocycles. The van der Waals surface area contributed by atoms with E-state index in [0.717, 1.165) is 0 Å². The number of hydrogen-bond donors (Lipinski definition) is 0. The van der Waals surface area contributed by atoms with Gasteiger partial charge in [0.15, 0.2) is 0 Å². The van der Waals surface area contributed by atoms with Gasteiger partial charge in [-0.2, -0.15) is 48.8 Å². The fourth-order valence-electron chi connectivity index (χ4n) is 1.17. The fourth-order valence-corrected chi connectivity index (χ4v) is 1.17. The second kappa shape index (κ2) is 2.98. The zero-order valence-electron chi connectivity index (χ0n) is 7.73. The summed E-state index contributed by atoms with van der Waals surface area (Å²) >= 11 is 0. The van der Waals surface area contributed by atoms with Gasteiger partial charge in [-0.3, -0.25) is 0 Å². The van der Waals surface area contributed by atoms with Crippen molar-refractivity contribution < 1.29 is 43.9 Å². The molecule has 0 saturated carbocycles. The molecule has 0 aromatic carbocycles. The Morgan fingerprint density at radius 2 is 0.765 bits per heavy atom. The Kier molecular flexibility index (Phi) is 2.51. The van der Waals surface area contributed by atoms with Gasteiger partial charge in [0, 0.05) is 0 Å². The topological polar surface area (TPSA) is 3.24 Å². The summed E-state index contributed by atoms with van der Waals surface area (Å²) in [5.41, 5.74) is 0. The molecule has 17 heavy (non-hydrogen) atoms. The van der Waals surface area contributed by atoms with Crippen molar-refractivity contribution in [1.82, 2.24) is 4.90 Å². The Bertz CT molecular complexity index is 304. The van der Waals surface area contributed by atoms with E-state index in [2.05, 4.69) is 0 Å². The molecule has 0 atom stereocenters. The van der Waals surface area contributed by atoms with Gasteiger partial charge in [-0.1, -0.05) is 0 Å². The van der Waals surface area contributed by atoms with Crippen molar-refractivity contribution >= 4 is 0 Å². The number of rotatable bonds is 0. The zero-order chi connectivity index (χ0) is 14.1. The predicted octanol–water partition coefficient (Wildman–Crippen LogP) is 3.02. The molecule has 0 N–H and O–H groups in total. The molecule has 0 aromatic heterocycles. The van der Waals surface area contributed by atoms with Crippen LogP contribution in [-0.4, -0.2) is 41.8 Å². The molecule has 0 aromatic rings. The molecule has 1 saturated heterocycles. The van der Waals surface area contributed by atoms with Crippen LogP contribution >= 0.6 is 0 Å². The van der Waals surface area contributed by atoms with Crippen molar-refractivity contribution in [2.75, 3.05) is 7.05 Å². The highest BCUT2D eigenvalue weighted by Gasteiger charge is 2.94. The number of hydrogen-bond acceptors (Lipinski definition) is 1. The number of halogens is 10. The Hall–Kier alpha value is -0.740. The summed E-state index contributed by atoms with van der Waals surface area (Å²) in [5.74, 6) is -20.2. The molecule has 1 nitrogen and oxygen atoms in total. The van der Waals surface area contributed by atoms with E-state index >= 15 is 0 Å². The lowest BCUT2D eigenvalue weighted by Crippen LogP contribution is -2.80. The summed E-state index contributed by atoms with van der Waals surface area (Å²) in [6.07, 6.45) is 0. The highest BCUT2D eigenvalue weighted by Crippen LogP contribution is 2.63. The fraction of sp³-hybridized carbons (Fsp3) is 1.00. The minimum absolute atomic E-state index is 0.503. The van der Waals surface area contributed by atoms with Gasteiger partial charge in [0.1, 0.15) is 0 Å². The Morgan fingerprint density at radius 3 is 1.00 bits per heavy atom. The highest BCUT2D eigenvalue weighted by atomic mass is 19.4. The summed E-state index contributed by atoms with van der Waals surface area (Å²) in [4.78, 5) is -2.06. The Morgan fingerprint density at radius 1 is 0.529 bits per heavy atom. The van der Waals surface area contributed by atoms with Crippen LogP contribution in [0.5, 0.6) is 0 Å². The first-order chi connectivity index (χ1) is 7.15. The molecule has 1 aliphatic rings. The van der Waals surface area contributed by atoms with Gasteiger partial charge in [-0.25, -0.2) is 0 Å². The number of alkyl halides is 10. The van der Waals surface area contributed by atoms with Gasteiger partial charge in [0.05, 0.1) is 0 Å². The molecular weight excluding hydrogens is 276 g/mol. The van der Waals surface area contributed by atoms with Crippen LogP contribution in [-0.2, 0) is 0 Å². The Balaban J connectivity index is 3.56. The minimum atomic E-state index is -6.89. The predicted molar refractivity (Wildman–Crippen MR) is 32.5 cm³/mol. The van der Waals surface area contributed by atoms with Crippen molar-refractivity contribution in [3.8, 4) is 0 Å². The van der Waals surface area contributed by atoms with Crippen molar-refractivity contribution in [3.63, 3.8) is 0 Å². The third kappa shape index (κ3) is 1.20. The van der Waals surface area contributed by atoms with Crippen LogP contribution in [0.25, 0.3) is 0 Å². The average Bonchev–Trinajstić information content (AvgIpc) is 2.13. The van der Waals surface area contributed by atoms with E-state index in [1.165, 1.54) is 0 Å². The smallest absolute Gasteiger partial charge is 0.192 e. The molecule has 0 radical (unpaired) electrons. The maximum absolute atomic E-state index is 12.6. The quantitative estimate of drug-likeness (QED) is 0.486. The standard InChI is InChI=1S/C6H3F10N/c1-17-5(13,14)3(9,10)2(7,8)4(11,12)6(17,15)16/h1H3. The van der Waals surface area contributed by atoms with E-state index in [-0.39, 0.29) is 0 Å². The minimum Gasteiger partial charge on any atom is -0.192 e. The largest absolute Gasteiger partial charge is 0.393 e. The second-order valence-corrected chi connectivity index (χ2v) is 3.36. The molecule has 1 fully saturated rings. The summed E-state index contributed by atoms with van der Waals surface area (Å²) in [5, 5.41) is 0. The van der Waals surface area contributed by atoms with Crippen LogP contribution in [0.2, 0.25) is 0 Å². The van der Waals surface area contributed by atoms with Crippen LogP contribution < -0.4 is 0 Å². The molecule has 0 unspecified atom stereocenters. The zero-order valence-corrected chi connectivity index (χ0v) is 7.73. The van der Waals surface area contributed by atoms with Crippen molar-refractivity contribution in [1.29, 1.82) is 0 Å². The van der Waals surface area contributed by atoms with E-state index in [4.69, 9.17) is 0 Å². The van der Waals surface area contributed by atoms with E-state index in [1.807, 2.05) is 0 Å². The van der Waals surface area contributed by atoms with Crippen molar-refractivity contribution in [2.45, 2.75) is 29.9 Å². The number of nitrogens with zero attached hydrogens (tertiary/aromatic N) is 1. The molecule has 0 bridgehead atoms. The van der Waals surface area contributed by atoms with Gasteiger partial charge in [-0.05, 0) is 7.05 Å². The highest BCUT2D eigenvalue weighted by molar-refractivity contribution is 5.13. The summed E-state index contributed by atoms with van der Waals surface area (Å²) < 4.78 is 125. The first kappa shape index (κ1) is 14.3. The SMILES string of the molecule is CN1C(F)(F)C(F)(F)C(F)(F)C(F)(F)C1(F)F. The third-order valence-electron chi connectivity index (χ3n) is 2.39. The second-order valence-electron chi connectivity index (χ2n) is 3.36. The molecule has 1 aliphatic heterocycles. The lowest BCUT2D eigenvalue weighted by Gasteiger charge is -2.50. The summed E-state index contributed by atoms with van der Waals surface area (Å²) in [6.45, 7) is 0. The summed E-state index contributed by atoms with van der Waals surface area (Å²) in [6, 6.07) is -12.2. The van der Waals surface area contributed by atoms with Crippen molar-refractivity contribution in [3.05, 3.63) is 0 Å². The molecular formula is C6H3F10N. The van der Waals surface area contributed by atoms with Crippen molar-refractivity contribution in [2.24, 2.45) is 0 Å². The first-order valence-electron chi connectivity index (χ1n) is 3.78. The normalized spacial score (nSPS) is 33.4. The summed E-state index contributed by atoms with van der Waals surface area (Å²) in [7, 11) is -0.503. The van der Waals surface area contributed by atoms with Crippen LogP contribution in [0.1, 0.15) is 0 Å². The van der Waals surface area contributed by atoms with Gasteiger partial charge in [0.25, 0.3) is 0 Å². The van der Waals surface area contributed by atoms with E-state index in [0.29, 0.717) is 0 Å². The first-order valence-corrected chi connectivity index (χ1v) is 3.78. The maximum Gasteiger partial charge on any atom is 0.393 e. The number of likely N-dealkylation sites (tertiary alicyclic amines) is 1.